The maximum Gasteiger partial charge on any atom is 0.414 e. The van der Waals surface area contributed by atoms with Crippen LogP contribution in [0.2, 0.25) is 0 Å². The van der Waals surface area contributed by atoms with Gasteiger partial charge in [-0.25, -0.2) is 13.2 Å². The topological polar surface area (TPSA) is 104 Å². The standard InChI is InChI=1S/C34H44N4O4S/c1-7-38(8-2)22-12-13-24(3)35-33(39)42-32-31(25-14-10-9-11-15-25)29-23-27(18-21-30(29)36-32)37-43(40,41)28-19-16-26(17-20-28)34(4,5)6/h9-11,14-21,23-24,36-37H,7-8,12-13,22H2,1-6H3,(H,35,39). The average molecular weight is 605 g/mol. The van der Waals surface area contributed by atoms with Gasteiger partial charge in [0.1, 0.15) is 0 Å². The van der Waals surface area contributed by atoms with Crippen molar-refractivity contribution in [2.45, 2.75) is 70.7 Å². The molecule has 3 N–H and O–H groups in total. The van der Waals surface area contributed by atoms with Crippen LogP contribution >= 0.6 is 0 Å². The van der Waals surface area contributed by atoms with E-state index >= 15 is 0 Å². The number of ether oxygens (including phenoxy) is 1. The molecule has 1 amide bonds. The van der Waals surface area contributed by atoms with Crippen LogP contribution < -0.4 is 14.8 Å². The van der Waals surface area contributed by atoms with Crippen LogP contribution in [0, 0.1) is 0 Å². The van der Waals surface area contributed by atoms with Gasteiger partial charge in [0.05, 0.1) is 10.5 Å². The molecule has 230 valence electrons. The number of nitrogens with zero attached hydrogens (tertiary/aromatic N) is 1. The largest absolute Gasteiger partial charge is 0.414 e. The highest BCUT2D eigenvalue weighted by Crippen LogP contribution is 2.39. The number of aromatic amines is 1. The van der Waals surface area contributed by atoms with Gasteiger partial charge in [0.2, 0.25) is 5.88 Å². The van der Waals surface area contributed by atoms with E-state index in [1.54, 1.807) is 30.3 Å². The monoisotopic (exact) mass is 604 g/mol. The maximum atomic E-state index is 13.3. The molecule has 0 saturated heterocycles. The number of amides is 1. The number of fused-ring (bicyclic) bond motifs is 1. The van der Waals surface area contributed by atoms with E-state index in [-0.39, 0.29) is 16.4 Å². The first-order valence-corrected chi connectivity index (χ1v) is 16.4. The Kier molecular flexibility index (Phi) is 10.2. The number of carbonyl (C=O) groups is 1. The molecule has 0 aliphatic rings. The lowest BCUT2D eigenvalue weighted by Gasteiger charge is -2.19. The quantitative estimate of drug-likeness (QED) is 0.155. The van der Waals surface area contributed by atoms with Crippen LogP contribution in [0.1, 0.15) is 59.9 Å². The van der Waals surface area contributed by atoms with Gasteiger partial charge in [0.15, 0.2) is 0 Å². The maximum absolute atomic E-state index is 13.3. The van der Waals surface area contributed by atoms with Crippen LogP contribution in [0.25, 0.3) is 22.0 Å². The predicted octanol–water partition coefficient (Wildman–Crippen LogP) is 7.53. The van der Waals surface area contributed by atoms with E-state index in [0.717, 1.165) is 49.0 Å². The first-order chi connectivity index (χ1) is 20.4. The van der Waals surface area contributed by atoms with Crippen molar-refractivity contribution < 1.29 is 17.9 Å². The van der Waals surface area contributed by atoms with Gasteiger partial charge in [-0.15, -0.1) is 0 Å². The second kappa shape index (κ2) is 13.7. The van der Waals surface area contributed by atoms with Crippen molar-refractivity contribution in [1.82, 2.24) is 15.2 Å². The van der Waals surface area contributed by atoms with E-state index in [4.69, 9.17) is 4.74 Å². The highest BCUT2D eigenvalue weighted by atomic mass is 32.2. The number of carbonyl (C=O) groups excluding carboxylic acids is 1. The summed E-state index contributed by atoms with van der Waals surface area (Å²) in [6.07, 6.45) is 1.27. The Labute approximate surface area is 255 Å². The van der Waals surface area contributed by atoms with Crippen molar-refractivity contribution in [3.8, 4) is 17.0 Å². The Morgan fingerprint density at radius 1 is 0.977 bits per heavy atom. The van der Waals surface area contributed by atoms with Crippen LogP contribution in [0.15, 0.2) is 77.7 Å². The third kappa shape index (κ3) is 8.18. The van der Waals surface area contributed by atoms with Crippen LogP contribution in [0.3, 0.4) is 0 Å². The fourth-order valence-corrected chi connectivity index (χ4v) is 6.15. The molecule has 3 aromatic carbocycles. The van der Waals surface area contributed by atoms with Crippen molar-refractivity contribution in [3.63, 3.8) is 0 Å². The van der Waals surface area contributed by atoms with E-state index < -0.39 is 16.1 Å². The summed E-state index contributed by atoms with van der Waals surface area (Å²) in [5.74, 6) is 0.298. The van der Waals surface area contributed by atoms with Crippen molar-refractivity contribution in [2.75, 3.05) is 24.4 Å². The van der Waals surface area contributed by atoms with Crippen LogP contribution in [-0.2, 0) is 15.4 Å². The number of H-pyrrole nitrogens is 1. The summed E-state index contributed by atoms with van der Waals surface area (Å²) < 4.78 is 35.0. The summed E-state index contributed by atoms with van der Waals surface area (Å²) in [5, 5.41) is 3.67. The van der Waals surface area contributed by atoms with Crippen molar-refractivity contribution >= 4 is 32.7 Å². The summed E-state index contributed by atoms with van der Waals surface area (Å²) >= 11 is 0. The minimum Gasteiger partial charge on any atom is -0.393 e. The van der Waals surface area contributed by atoms with E-state index in [1.807, 2.05) is 49.4 Å². The predicted molar refractivity (Wildman–Crippen MR) is 175 cm³/mol. The number of sulfonamides is 1. The molecule has 0 saturated carbocycles. The van der Waals surface area contributed by atoms with Crippen molar-refractivity contribution in [2.24, 2.45) is 0 Å². The zero-order valence-electron chi connectivity index (χ0n) is 26.0. The van der Waals surface area contributed by atoms with Gasteiger partial charge in [-0.3, -0.25) is 4.72 Å². The summed E-state index contributed by atoms with van der Waals surface area (Å²) in [6, 6.07) is 21.7. The molecule has 0 spiro atoms. The normalized spacial score (nSPS) is 12.8. The lowest BCUT2D eigenvalue weighted by Crippen LogP contribution is -2.35. The smallest absolute Gasteiger partial charge is 0.393 e. The molecule has 4 rings (SSSR count). The fourth-order valence-electron chi connectivity index (χ4n) is 5.10. The molecule has 1 atom stereocenters. The molecular weight excluding hydrogens is 560 g/mol. The third-order valence-corrected chi connectivity index (χ3v) is 9.07. The Hall–Kier alpha value is -3.82. The lowest BCUT2D eigenvalue weighted by atomic mass is 9.87. The van der Waals surface area contributed by atoms with Crippen molar-refractivity contribution in [3.05, 3.63) is 78.4 Å². The first kappa shape index (κ1) is 32.1. The number of benzene rings is 3. The minimum absolute atomic E-state index is 0.0499. The molecule has 8 nitrogen and oxygen atoms in total. The molecule has 4 aromatic rings. The minimum atomic E-state index is -3.82. The third-order valence-electron chi connectivity index (χ3n) is 7.67. The Bertz CT molecular complexity index is 1620. The molecule has 1 heterocycles. The molecule has 1 unspecified atom stereocenters. The molecule has 0 bridgehead atoms. The Morgan fingerprint density at radius 2 is 1.65 bits per heavy atom. The zero-order chi connectivity index (χ0) is 31.2. The zero-order valence-corrected chi connectivity index (χ0v) is 26.8. The highest BCUT2D eigenvalue weighted by Gasteiger charge is 2.21. The number of anilines is 1. The van der Waals surface area contributed by atoms with Gasteiger partial charge in [0, 0.05) is 22.6 Å². The molecule has 0 aliphatic carbocycles. The number of nitrogens with one attached hydrogen (secondary N) is 3. The van der Waals surface area contributed by atoms with Crippen LogP contribution in [0.5, 0.6) is 5.88 Å². The van der Waals surface area contributed by atoms with Gasteiger partial charge in [-0.2, -0.15) is 0 Å². The number of rotatable bonds is 12. The summed E-state index contributed by atoms with van der Waals surface area (Å²) in [6.45, 7) is 15.5. The molecule has 9 heteroatoms. The molecular formula is C34H44N4O4S. The summed E-state index contributed by atoms with van der Waals surface area (Å²) in [7, 11) is -3.82. The first-order valence-electron chi connectivity index (χ1n) is 15.0. The van der Waals surface area contributed by atoms with Gasteiger partial charge in [-0.05, 0) is 86.3 Å². The van der Waals surface area contributed by atoms with Crippen LogP contribution in [-0.4, -0.2) is 50.1 Å². The lowest BCUT2D eigenvalue weighted by molar-refractivity contribution is 0.194. The second-order valence-corrected chi connectivity index (χ2v) is 13.6. The van der Waals surface area contributed by atoms with E-state index in [9.17, 15) is 13.2 Å². The van der Waals surface area contributed by atoms with Gasteiger partial charge >= 0.3 is 6.09 Å². The number of aromatic nitrogens is 1. The number of hydrogen-bond donors (Lipinski definition) is 3. The average Bonchev–Trinajstić information content (AvgIpc) is 3.32. The van der Waals surface area contributed by atoms with Crippen LogP contribution in [0.4, 0.5) is 10.5 Å². The summed E-state index contributed by atoms with van der Waals surface area (Å²) in [5.41, 5.74) is 3.60. The Morgan fingerprint density at radius 3 is 2.28 bits per heavy atom. The molecule has 43 heavy (non-hydrogen) atoms. The molecule has 0 radical (unpaired) electrons. The fraction of sp³-hybridized carbons (Fsp3) is 0.382. The molecule has 0 aliphatic heterocycles. The van der Waals surface area contributed by atoms with Gasteiger partial charge in [-0.1, -0.05) is 77.1 Å². The summed E-state index contributed by atoms with van der Waals surface area (Å²) in [4.78, 5) is 18.7. The SMILES string of the molecule is CCN(CC)CCCC(C)NC(=O)Oc1[nH]c2ccc(NS(=O)(=O)c3ccc(C(C)(C)C)cc3)cc2c1-c1ccccc1. The van der Waals surface area contributed by atoms with E-state index in [0.29, 0.717) is 22.6 Å². The van der Waals surface area contributed by atoms with Gasteiger partial charge < -0.3 is 19.9 Å². The second-order valence-electron chi connectivity index (χ2n) is 11.9. The van der Waals surface area contributed by atoms with Crippen molar-refractivity contribution in [1.29, 1.82) is 0 Å². The number of hydrogen-bond acceptors (Lipinski definition) is 5. The molecule has 1 aromatic heterocycles. The van der Waals surface area contributed by atoms with Gasteiger partial charge in [0.25, 0.3) is 10.0 Å². The Balaban J connectivity index is 1.56. The molecule has 0 fully saturated rings. The van der Waals surface area contributed by atoms with E-state index in [2.05, 4.69) is 54.5 Å². The highest BCUT2D eigenvalue weighted by molar-refractivity contribution is 7.92. The van der Waals surface area contributed by atoms with E-state index in [1.165, 1.54) is 0 Å².